The number of hydrogen-bond acceptors (Lipinski definition) is 3. The second-order valence-electron chi connectivity index (χ2n) is 5.53. The molecule has 1 aromatic carbocycles. The smallest absolute Gasteiger partial charge is 0.238 e. The molecule has 1 amide bonds. The zero-order valence-corrected chi connectivity index (χ0v) is 15.3. The molecule has 116 valence electrons. The number of amides is 1. The standard InChI is InChI=1S/C15H21Br2N3O/c1-2-10-8-20(6-5-13(10)18)9-15(21)19-14-4-3-11(16)7-12(14)17/h3-4,7,10,13H,2,5-6,8-9,18H2,1H3,(H,19,21). The molecule has 0 aromatic heterocycles. The lowest BCUT2D eigenvalue weighted by atomic mass is 9.91. The van der Waals surface area contributed by atoms with Crippen molar-refractivity contribution in [2.45, 2.75) is 25.8 Å². The summed E-state index contributed by atoms with van der Waals surface area (Å²) >= 11 is 6.85. The lowest BCUT2D eigenvalue weighted by Gasteiger charge is -2.36. The minimum Gasteiger partial charge on any atom is -0.327 e. The molecule has 1 aromatic rings. The Labute approximate surface area is 142 Å². The maximum atomic E-state index is 12.2. The Kier molecular flexibility index (Phi) is 6.22. The molecule has 6 heteroatoms. The summed E-state index contributed by atoms with van der Waals surface area (Å²) < 4.78 is 1.85. The summed E-state index contributed by atoms with van der Waals surface area (Å²) in [7, 11) is 0. The molecule has 1 aliphatic rings. The van der Waals surface area contributed by atoms with Gasteiger partial charge in [-0.25, -0.2) is 0 Å². The number of carbonyl (C=O) groups is 1. The molecule has 1 fully saturated rings. The van der Waals surface area contributed by atoms with Gasteiger partial charge < -0.3 is 11.1 Å². The highest BCUT2D eigenvalue weighted by atomic mass is 79.9. The quantitative estimate of drug-likeness (QED) is 0.789. The molecule has 0 aliphatic carbocycles. The van der Waals surface area contributed by atoms with Gasteiger partial charge in [-0.05, 0) is 46.5 Å². The van der Waals surface area contributed by atoms with Crippen LogP contribution in [0.3, 0.4) is 0 Å². The Morgan fingerprint density at radius 3 is 2.90 bits per heavy atom. The molecule has 3 N–H and O–H groups in total. The Morgan fingerprint density at radius 2 is 2.24 bits per heavy atom. The normalized spacial score (nSPS) is 23.0. The van der Waals surface area contributed by atoms with E-state index >= 15 is 0 Å². The number of piperidine rings is 1. The summed E-state index contributed by atoms with van der Waals surface area (Å²) in [5.74, 6) is 0.509. The molecule has 0 radical (unpaired) electrons. The summed E-state index contributed by atoms with van der Waals surface area (Å²) in [4.78, 5) is 14.4. The van der Waals surface area contributed by atoms with Crippen molar-refractivity contribution in [3.05, 3.63) is 27.1 Å². The van der Waals surface area contributed by atoms with Crippen LogP contribution in [-0.4, -0.2) is 36.5 Å². The van der Waals surface area contributed by atoms with Gasteiger partial charge in [-0.3, -0.25) is 9.69 Å². The summed E-state index contributed by atoms with van der Waals surface area (Å²) in [5, 5.41) is 2.95. The van der Waals surface area contributed by atoms with Crippen molar-refractivity contribution in [1.29, 1.82) is 0 Å². The monoisotopic (exact) mass is 417 g/mol. The third kappa shape index (κ3) is 4.77. The Balaban J connectivity index is 1.90. The lowest BCUT2D eigenvalue weighted by Crippen LogP contribution is -2.48. The number of anilines is 1. The highest BCUT2D eigenvalue weighted by molar-refractivity contribution is 9.11. The van der Waals surface area contributed by atoms with Gasteiger partial charge in [0.2, 0.25) is 5.91 Å². The predicted octanol–water partition coefficient (Wildman–Crippen LogP) is 3.21. The molecular formula is C15H21Br2N3O. The van der Waals surface area contributed by atoms with Crippen LogP contribution in [0.25, 0.3) is 0 Å². The average Bonchev–Trinajstić information content (AvgIpc) is 2.44. The molecule has 0 bridgehead atoms. The molecule has 2 unspecified atom stereocenters. The third-order valence-corrected chi connectivity index (χ3v) is 5.12. The first-order chi connectivity index (χ1) is 9.99. The molecular weight excluding hydrogens is 398 g/mol. The topological polar surface area (TPSA) is 58.4 Å². The van der Waals surface area contributed by atoms with E-state index in [-0.39, 0.29) is 11.9 Å². The van der Waals surface area contributed by atoms with E-state index in [9.17, 15) is 4.79 Å². The largest absolute Gasteiger partial charge is 0.327 e. The van der Waals surface area contributed by atoms with E-state index in [1.54, 1.807) is 0 Å². The number of nitrogens with one attached hydrogen (secondary N) is 1. The number of carbonyl (C=O) groups excluding carboxylic acids is 1. The van der Waals surface area contributed by atoms with Crippen molar-refractivity contribution in [3.63, 3.8) is 0 Å². The van der Waals surface area contributed by atoms with Crippen molar-refractivity contribution in [3.8, 4) is 0 Å². The molecule has 2 rings (SSSR count). The summed E-state index contributed by atoms with van der Waals surface area (Å²) in [5.41, 5.74) is 6.90. The van der Waals surface area contributed by atoms with Crippen LogP contribution in [0.2, 0.25) is 0 Å². The maximum absolute atomic E-state index is 12.2. The lowest BCUT2D eigenvalue weighted by molar-refractivity contribution is -0.117. The van der Waals surface area contributed by atoms with E-state index in [1.807, 2.05) is 18.2 Å². The zero-order valence-electron chi connectivity index (χ0n) is 12.1. The molecule has 0 saturated carbocycles. The van der Waals surface area contributed by atoms with Crippen LogP contribution in [0.15, 0.2) is 27.1 Å². The number of halogens is 2. The first-order valence-electron chi connectivity index (χ1n) is 7.22. The zero-order chi connectivity index (χ0) is 15.4. The highest BCUT2D eigenvalue weighted by Gasteiger charge is 2.26. The van der Waals surface area contributed by atoms with Gasteiger partial charge in [-0.1, -0.05) is 29.3 Å². The van der Waals surface area contributed by atoms with E-state index in [0.29, 0.717) is 12.5 Å². The van der Waals surface area contributed by atoms with Crippen molar-refractivity contribution < 1.29 is 4.79 Å². The second kappa shape index (κ2) is 7.72. The fourth-order valence-electron chi connectivity index (χ4n) is 2.68. The van der Waals surface area contributed by atoms with Crippen LogP contribution in [0, 0.1) is 5.92 Å². The fraction of sp³-hybridized carbons (Fsp3) is 0.533. The first kappa shape index (κ1) is 16.9. The number of rotatable bonds is 4. The fourth-order valence-corrected chi connectivity index (χ4v) is 3.83. The van der Waals surface area contributed by atoms with Crippen LogP contribution in [0.4, 0.5) is 5.69 Å². The average molecular weight is 419 g/mol. The minimum absolute atomic E-state index is 0.0170. The maximum Gasteiger partial charge on any atom is 0.238 e. The van der Waals surface area contributed by atoms with Crippen LogP contribution < -0.4 is 11.1 Å². The molecule has 21 heavy (non-hydrogen) atoms. The predicted molar refractivity (Wildman–Crippen MR) is 93.3 cm³/mol. The van der Waals surface area contributed by atoms with E-state index in [4.69, 9.17) is 5.73 Å². The molecule has 0 spiro atoms. The van der Waals surface area contributed by atoms with Gasteiger partial charge in [0.25, 0.3) is 0 Å². The SMILES string of the molecule is CCC1CN(CC(=O)Nc2ccc(Br)cc2Br)CCC1N. The molecule has 2 atom stereocenters. The molecule has 1 saturated heterocycles. The first-order valence-corrected chi connectivity index (χ1v) is 8.81. The van der Waals surface area contributed by atoms with Crippen LogP contribution in [0.1, 0.15) is 19.8 Å². The Bertz CT molecular complexity index is 510. The molecule has 4 nitrogen and oxygen atoms in total. The third-order valence-electron chi connectivity index (χ3n) is 3.97. The molecule has 1 heterocycles. The summed E-state index contributed by atoms with van der Waals surface area (Å²) in [6.45, 7) is 4.39. The van der Waals surface area contributed by atoms with Gasteiger partial charge in [0, 0.05) is 28.1 Å². The van der Waals surface area contributed by atoms with Gasteiger partial charge in [0.1, 0.15) is 0 Å². The van der Waals surface area contributed by atoms with Crippen LogP contribution in [0.5, 0.6) is 0 Å². The van der Waals surface area contributed by atoms with E-state index < -0.39 is 0 Å². The summed E-state index contributed by atoms with van der Waals surface area (Å²) in [6.07, 6.45) is 2.03. The van der Waals surface area contributed by atoms with E-state index in [1.165, 1.54) is 0 Å². The number of hydrogen-bond donors (Lipinski definition) is 2. The van der Waals surface area contributed by atoms with Crippen molar-refractivity contribution in [1.82, 2.24) is 4.90 Å². The van der Waals surface area contributed by atoms with Crippen molar-refractivity contribution in [2.75, 3.05) is 25.0 Å². The van der Waals surface area contributed by atoms with Gasteiger partial charge in [-0.15, -0.1) is 0 Å². The number of nitrogens with zero attached hydrogens (tertiary/aromatic N) is 1. The van der Waals surface area contributed by atoms with Gasteiger partial charge in [-0.2, -0.15) is 0 Å². The second-order valence-corrected chi connectivity index (χ2v) is 7.30. The Morgan fingerprint density at radius 1 is 1.48 bits per heavy atom. The van der Waals surface area contributed by atoms with E-state index in [2.05, 4.69) is 49.0 Å². The van der Waals surface area contributed by atoms with Crippen LogP contribution >= 0.6 is 31.9 Å². The Hall–Kier alpha value is -0.430. The summed E-state index contributed by atoms with van der Waals surface area (Å²) in [6, 6.07) is 5.98. The highest BCUT2D eigenvalue weighted by Crippen LogP contribution is 2.26. The van der Waals surface area contributed by atoms with E-state index in [0.717, 1.165) is 40.6 Å². The number of nitrogens with two attached hydrogens (primary N) is 1. The van der Waals surface area contributed by atoms with Gasteiger partial charge in [0.05, 0.1) is 12.2 Å². The van der Waals surface area contributed by atoms with Crippen molar-refractivity contribution >= 4 is 43.5 Å². The van der Waals surface area contributed by atoms with Crippen LogP contribution in [-0.2, 0) is 4.79 Å². The minimum atomic E-state index is 0.0170. The van der Waals surface area contributed by atoms with Crippen molar-refractivity contribution in [2.24, 2.45) is 11.7 Å². The number of likely N-dealkylation sites (tertiary alicyclic amines) is 1. The molecule has 1 aliphatic heterocycles. The number of benzene rings is 1. The van der Waals surface area contributed by atoms with Gasteiger partial charge in [0.15, 0.2) is 0 Å². The van der Waals surface area contributed by atoms with Gasteiger partial charge >= 0.3 is 0 Å².